The zero-order valence-corrected chi connectivity index (χ0v) is 31.1. The molecule has 0 N–H and O–H groups in total. The Balaban J connectivity index is 1.52. The second kappa shape index (κ2) is 13.1. The van der Waals surface area contributed by atoms with E-state index in [4.69, 9.17) is 8.92 Å². The number of benzene rings is 3. The first-order chi connectivity index (χ1) is 22.7. The largest absolute Gasteiger partial charge is 0.490 e. The second-order valence-corrected chi connectivity index (χ2v) is 17.2. The summed E-state index contributed by atoms with van der Waals surface area (Å²) in [5.41, 5.74) is 4.73. The lowest BCUT2D eigenvalue weighted by Crippen LogP contribution is -2.45. The lowest BCUT2D eigenvalue weighted by Gasteiger charge is -2.49. The molecule has 9 heteroatoms. The third-order valence-corrected chi connectivity index (χ3v) is 11.4. The molecule has 1 heterocycles. The van der Waals surface area contributed by atoms with E-state index in [2.05, 4.69) is 67.3 Å². The van der Waals surface area contributed by atoms with Crippen LogP contribution in [0.15, 0.2) is 100 Å². The Hall–Kier alpha value is -3.44. The standard InChI is InChI=1S/C39H42INO6S/c1-6-46-33-20-26(19-28(40)37(33)47-48(44,45)27-15-11-8-12-16-27)34-35-29(21-38(2,3)23-31(35)42)41(18-17-25-13-9-7-10-14-25)30-22-39(4,5)24-32(43)36(30)34/h7-16,19-20,34H,6,17-18,21-24H2,1-5H3. The molecule has 6 rings (SSSR count). The van der Waals surface area contributed by atoms with Gasteiger partial charge in [-0.3, -0.25) is 9.59 Å². The number of halogens is 1. The Labute approximate surface area is 297 Å². The van der Waals surface area contributed by atoms with Crippen molar-refractivity contribution in [3.63, 3.8) is 0 Å². The maximum Gasteiger partial charge on any atom is 0.339 e. The summed E-state index contributed by atoms with van der Waals surface area (Å²) in [4.78, 5) is 30.9. The average Bonchev–Trinajstić information content (AvgIpc) is 3.01. The van der Waals surface area contributed by atoms with Crippen LogP contribution in [0.5, 0.6) is 11.5 Å². The topological polar surface area (TPSA) is 90.0 Å². The monoisotopic (exact) mass is 779 g/mol. The summed E-state index contributed by atoms with van der Waals surface area (Å²) in [6.07, 6.45) is 2.94. The quantitative estimate of drug-likeness (QED) is 0.159. The minimum atomic E-state index is -4.15. The van der Waals surface area contributed by atoms with Gasteiger partial charge in [0, 0.05) is 47.8 Å². The number of carbonyl (C=O) groups is 2. The van der Waals surface area contributed by atoms with Crippen LogP contribution in [0.25, 0.3) is 0 Å². The Morgan fingerprint density at radius 2 is 1.35 bits per heavy atom. The minimum absolute atomic E-state index is 0.0330. The maximum atomic E-state index is 14.3. The third kappa shape index (κ3) is 6.85. The molecule has 0 amide bonds. The highest BCUT2D eigenvalue weighted by molar-refractivity contribution is 14.1. The molecule has 0 radical (unpaired) electrons. The number of nitrogens with zero attached hydrogens (tertiary/aromatic N) is 1. The van der Waals surface area contributed by atoms with Gasteiger partial charge in [-0.1, -0.05) is 76.2 Å². The van der Waals surface area contributed by atoms with Gasteiger partial charge in [0.25, 0.3) is 0 Å². The Bertz CT molecular complexity index is 1880. The normalized spacial score (nSPS) is 19.2. The van der Waals surface area contributed by atoms with Crippen molar-refractivity contribution in [1.82, 2.24) is 4.90 Å². The van der Waals surface area contributed by atoms with Crippen molar-refractivity contribution < 1.29 is 26.9 Å². The third-order valence-electron chi connectivity index (χ3n) is 9.38. The van der Waals surface area contributed by atoms with Gasteiger partial charge in [-0.2, -0.15) is 8.42 Å². The fraction of sp³-hybridized carbons (Fsp3) is 0.385. The molecule has 252 valence electrons. The minimum Gasteiger partial charge on any atom is -0.490 e. The summed E-state index contributed by atoms with van der Waals surface area (Å²) in [6, 6.07) is 21.9. The molecular formula is C39H42INO6S. The number of Topliss-reactive ketones (excluding diaryl/α,β-unsaturated/α-hetero) is 2. The predicted octanol–water partition coefficient (Wildman–Crippen LogP) is 8.39. The van der Waals surface area contributed by atoms with Crippen LogP contribution < -0.4 is 8.92 Å². The average molecular weight is 780 g/mol. The molecule has 0 spiro atoms. The van der Waals surface area contributed by atoms with E-state index in [9.17, 15) is 18.0 Å². The lowest BCUT2D eigenvalue weighted by molar-refractivity contribution is -0.119. The van der Waals surface area contributed by atoms with Crippen LogP contribution in [0, 0.1) is 14.4 Å². The summed E-state index contributed by atoms with van der Waals surface area (Å²) in [6.45, 7) is 11.3. The van der Waals surface area contributed by atoms with Gasteiger partial charge in [0.05, 0.1) is 10.2 Å². The molecule has 0 atom stereocenters. The molecule has 0 bridgehead atoms. The smallest absolute Gasteiger partial charge is 0.339 e. The molecule has 0 saturated carbocycles. The molecule has 48 heavy (non-hydrogen) atoms. The van der Waals surface area contributed by atoms with E-state index in [0.717, 1.165) is 23.4 Å². The highest BCUT2D eigenvalue weighted by atomic mass is 127. The molecule has 2 aliphatic carbocycles. The van der Waals surface area contributed by atoms with E-state index in [1.54, 1.807) is 24.3 Å². The maximum absolute atomic E-state index is 14.3. The van der Waals surface area contributed by atoms with Gasteiger partial charge in [-0.05, 0) is 95.0 Å². The van der Waals surface area contributed by atoms with Crippen molar-refractivity contribution in [3.05, 3.63) is 110 Å². The van der Waals surface area contributed by atoms with Crippen LogP contribution in [-0.4, -0.2) is 38.0 Å². The first-order valence-corrected chi connectivity index (χ1v) is 19.0. The second-order valence-electron chi connectivity index (χ2n) is 14.5. The molecule has 0 saturated heterocycles. The van der Waals surface area contributed by atoms with E-state index < -0.39 is 16.0 Å². The summed E-state index contributed by atoms with van der Waals surface area (Å²) < 4.78 is 38.8. The number of ether oxygens (including phenoxy) is 1. The van der Waals surface area contributed by atoms with E-state index in [1.807, 2.05) is 31.2 Å². The van der Waals surface area contributed by atoms with E-state index in [1.165, 1.54) is 17.7 Å². The number of hydrogen-bond acceptors (Lipinski definition) is 7. The van der Waals surface area contributed by atoms with Gasteiger partial charge in [0.2, 0.25) is 0 Å². The van der Waals surface area contributed by atoms with Gasteiger partial charge in [-0.25, -0.2) is 0 Å². The van der Waals surface area contributed by atoms with E-state index in [0.29, 0.717) is 46.9 Å². The van der Waals surface area contributed by atoms with Crippen LogP contribution >= 0.6 is 22.6 Å². The van der Waals surface area contributed by atoms with Crippen molar-refractivity contribution >= 4 is 44.3 Å². The predicted molar refractivity (Wildman–Crippen MR) is 194 cm³/mol. The molecule has 7 nitrogen and oxygen atoms in total. The number of rotatable bonds is 9. The summed E-state index contributed by atoms with van der Waals surface area (Å²) in [7, 11) is -4.15. The highest BCUT2D eigenvalue weighted by Gasteiger charge is 2.49. The van der Waals surface area contributed by atoms with Crippen LogP contribution in [-0.2, 0) is 26.1 Å². The van der Waals surface area contributed by atoms with Crippen LogP contribution in [0.2, 0.25) is 0 Å². The molecule has 1 aliphatic heterocycles. The molecule has 3 aromatic rings. The van der Waals surface area contributed by atoms with Crippen molar-refractivity contribution in [1.29, 1.82) is 0 Å². The van der Waals surface area contributed by atoms with Crippen LogP contribution in [0.1, 0.15) is 77.3 Å². The van der Waals surface area contributed by atoms with E-state index >= 15 is 0 Å². The van der Waals surface area contributed by atoms with Crippen molar-refractivity contribution in [2.45, 2.75) is 77.5 Å². The Morgan fingerprint density at radius 3 is 1.90 bits per heavy atom. The van der Waals surface area contributed by atoms with Crippen molar-refractivity contribution in [3.8, 4) is 11.5 Å². The van der Waals surface area contributed by atoms with Crippen LogP contribution in [0.4, 0.5) is 0 Å². The number of hydrogen-bond donors (Lipinski definition) is 0. The number of allylic oxidation sites excluding steroid dienone is 4. The van der Waals surface area contributed by atoms with Gasteiger partial charge in [0.1, 0.15) is 4.90 Å². The van der Waals surface area contributed by atoms with E-state index in [-0.39, 0.29) is 45.4 Å². The first kappa shape index (κ1) is 34.4. The SMILES string of the molecule is CCOc1cc(C2C3=C(CC(C)(C)CC3=O)N(CCc3ccccc3)C3=C2C(=O)CC(C)(C)C3)cc(I)c1OS(=O)(=O)c1ccccc1. The number of carbonyl (C=O) groups excluding carboxylic acids is 2. The van der Waals surface area contributed by atoms with Gasteiger partial charge in [0.15, 0.2) is 23.1 Å². The lowest BCUT2D eigenvalue weighted by atomic mass is 9.63. The zero-order chi connectivity index (χ0) is 34.4. The summed E-state index contributed by atoms with van der Waals surface area (Å²) in [5, 5.41) is 0. The highest BCUT2D eigenvalue weighted by Crippen LogP contribution is 2.55. The van der Waals surface area contributed by atoms with Crippen LogP contribution in [0.3, 0.4) is 0 Å². The summed E-state index contributed by atoms with van der Waals surface area (Å²) in [5.74, 6) is -0.175. The molecule has 0 unspecified atom stereocenters. The van der Waals surface area contributed by atoms with Crippen molar-refractivity contribution in [2.24, 2.45) is 10.8 Å². The fourth-order valence-electron chi connectivity index (χ4n) is 7.38. The van der Waals surface area contributed by atoms with Gasteiger partial charge in [-0.15, -0.1) is 0 Å². The molecule has 3 aromatic carbocycles. The zero-order valence-electron chi connectivity index (χ0n) is 28.1. The van der Waals surface area contributed by atoms with Gasteiger partial charge < -0.3 is 13.8 Å². The van der Waals surface area contributed by atoms with Gasteiger partial charge >= 0.3 is 10.1 Å². The number of ketones is 2. The molecule has 0 aromatic heterocycles. The molecule has 0 fully saturated rings. The Morgan fingerprint density at radius 1 is 0.812 bits per heavy atom. The molecular weight excluding hydrogens is 737 g/mol. The summed E-state index contributed by atoms with van der Waals surface area (Å²) >= 11 is 2.07. The fourth-order valence-corrected chi connectivity index (χ4v) is 9.24. The Kier molecular flexibility index (Phi) is 9.41. The first-order valence-electron chi connectivity index (χ1n) is 16.5. The van der Waals surface area contributed by atoms with Crippen molar-refractivity contribution in [2.75, 3.05) is 13.2 Å². The molecule has 3 aliphatic rings.